The van der Waals surface area contributed by atoms with Gasteiger partial charge in [-0.25, -0.2) is 9.37 Å². The van der Waals surface area contributed by atoms with Crippen molar-refractivity contribution < 1.29 is 4.39 Å². The van der Waals surface area contributed by atoms with Crippen LogP contribution in [0.1, 0.15) is 24.8 Å². The number of hydrogen-bond acceptors (Lipinski definition) is 5. The molecule has 1 fully saturated rings. The number of nitrogens with one attached hydrogen (secondary N) is 1. The lowest BCUT2D eigenvalue weighted by Gasteiger charge is -2.36. The van der Waals surface area contributed by atoms with Crippen molar-refractivity contribution in [3.05, 3.63) is 52.9 Å². The summed E-state index contributed by atoms with van der Waals surface area (Å²) in [5.74, 6) is 1.64. The smallest absolute Gasteiger partial charge is 0.154 e. The topological polar surface area (TPSA) is 63.3 Å². The van der Waals surface area contributed by atoms with E-state index in [0.29, 0.717) is 27.5 Å². The lowest BCUT2D eigenvalue weighted by Crippen LogP contribution is -2.37. The Morgan fingerprint density at radius 1 is 1.32 bits per heavy atom. The summed E-state index contributed by atoms with van der Waals surface area (Å²) in [6.07, 6.45) is 4.50. The molecule has 25 heavy (non-hydrogen) atoms. The average Bonchev–Trinajstić information content (AvgIpc) is 3.02. The Bertz CT molecular complexity index is 826. The van der Waals surface area contributed by atoms with E-state index in [4.69, 9.17) is 22.3 Å². The number of benzene rings is 1. The van der Waals surface area contributed by atoms with Crippen LogP contribution < -0.4 is 11.1 Å². The van der Waals surface area contributed by atoms with E-state index in [0.717, 1.165) is 30.7 Å². The van der Waals surface area contributed by atoms with Crippen molar-refractivity contribution >= 4 is 40.0 Å². The van der Waals surface area contributed by atoms with Gasteiger partial charge in [0.15, 0.2) is 5.17 Å². The minimum atomic E-state index is -0.537. The maximum absolute atomic E-state index is 14.7. The second-order valence-corrected chi connectivity index (χ2v) is 7.93. The third-order valence-corrected chi connectivity index (χ3v) is 6.14. The molecule has 0 spiro atoms. The van der Waals surface area contributed by atoms with E-state index < -0.39 is 5.54 Å². The largest absolute Gasteiger partial charge is 0.379 e. The van der Waals surface area contributed by atoms with Crippen molar-refractivity contribution in [3.8, 4) is 0 Å². The van der Waals surface area contributed by atoms with Crippen LogP contribution in [0.4, 0.5) is 15.9 Å². The molecule has 2 aromatic rings. The van der Waals surface area contributed by atoms with E-state index >= 15 is 0 Å². The molecule has 2 unspecified atom stereocenters. The third-order valence-electron chi connectivity index (χ3n) is 4.96. The monoisotopic (exact) mass is 376 g/mol. The Labute approximate surface area is 155 Å². The van der Waals surface area contributed by atoms with Gasteiger partial charge in [-0.2, -0.15) is 0 Å². The molecule has 3 N–H and O–H groups in total. The summed E-state index contributed by atoms with van der Waals surface area (Å²) in [5.41, 5.74) is 6.85. The van der Waals surface area contributed by atoms with E-state index in [1.54, 1.807) is 36.2 Å². The lowest BCUT2D eigenvalue weighted by molar-refractivity contribution is 0.341. The Hall–Kier alpha value is -1.79. The highest BCUT2D eigenvalue weighted by molar-refractivity contribution is 8.13. The van der Waals surface area contributed by atoms with Crippen LogP contribution >= 0.6 is 23.4 Å². The van der Waals surface area contributed by atoms with Crippen molar-refractivity contribution in [2.24, 2.45) is 16.6 Å². The number of pyridine rings is 1. The lowest BCUT2D eigenvalue weighted by atomic mass is 9.81. The number of halogens is 2. The van der Waals surface area contributed by atoms with Crippen LogP contribution in [-0.2, 0) is 5.54 Å². The van der Waals surface area contributed by atoms with Crippen molar-refractivity contribution in [2.75, 3.05) is 11.1 Å². The Morgan fingerprint density at radius 2 is 2.20 bits per heavy atom. The fourth-order valence-electron chi connectivity index (χ4n) is 3.79. The fraction of sp³-hybridized carbons (Fsp3) is 0.333. The highest BCUT2D eigenvalue weighted by Gasteiger charge is 2.48. The number of hydrogen-bond donors (Lipinski definition) is 2. The average molecular weight is 377 g/mol. The number of nitrogens with two attached hydrogens (primary N) is 1. The number of amidine groups is 1. The molecular weight excluding hydrogens is 359 g/mol. The predicted molar refractivity (Wildman–Crippen MR) is 102 cm³/mol. The van der Waals surface area contributed by atoms with Gasteiger partial charge in [-0.15, -0.1) is 0 Å². The Kier molecular flexibility index (Phi) is 4.33. The molecule has 2 heterocycles. The number of nitrogens with zero attached hydrogens (tertiary/aromatic N) is 2. The molecule has 1 aliphatic carbocycles. The van der Waals surface area contributed by atoms with Gasteiger partial charge in [0.05, 0.1) is 10.6 Å². The van der Waals surface area contributed by atoms with E-state index in [2.05, 4.69) is 10.3 Å². The van der Waals surface area contributed by atoms with E-state index in [-0.39, 0.29) is 5.82 Å². The van der Waals surface area contributed by atoms with Gasteiger partial charge < -0.3 is 11.1 Å². The van der Waals surface area contributed by atoms with Gasteiger partial charge in [-0.1, -0.05) is 29.8 Å². The fourth-order valence-corrected chi connectivity index (χ4v) is 4.94. The van der Waals surface area contributed by atoms with Gasteiger partial charge in [-0.3, -0.25) is 4.99 Å². The SMILES string of the molecule is NC1=NC2(c3cc(Nc4ccc(Cl)cn4)ccc3F)CCCC2CS1. The molecule has 2 atom stereocenters. The maximum Gasteiger partial charge on any atom is 0.154 e. The third kappa shape index (κ3) is 3.09. The molecule has 4 rings (SSSR count). The first-order chi connectivity index (χ1) is 12.1. The minimum Gasteiger partial charge on any atom is -0.379 e. The standard InChI is InChI=1S/C18H18ClFN4S/c19-12-3-6-16(22-9-12)23-13-4-5-15(20)14(8-13)18-7-1-2-11(18)10-25-17(21)24-18/h3-6,8-9,11H,1-2,7,10H2,(H2,21,24)(H,22,23). The summed E-state index contributed by atoms with van der Waals surface area (Å²) in [7, 11) is 0. The molecule has 2 aliphatic rings. The maximum atomic E-state index is 14.7. The van der Waals surface area contributed by atoms with Gasteiger partial charge in [0, 0.05) is 23.2 Å². The summed E-state index contributed by atoms with van der Waals surface area (Å²) in [4.78, 5) is 8.95. The number of aliphatic imine (C=N–C) groups is 1. The van der Waals surface area contributed by atoms with Gasteiger partial charge >= 0.3 is 0 Å². The van der Waals surface area contributed by atoms with E-state index in [1.165, 1.54) is 6.07 Å². The summed E-state index contributed by atoms with van der Waals surface area (Å²) in [6.45, 7) is 0. The number of anilines is 2. The van der Waals surface area contributed by atoms with Gasteiger partial charge in [-0.05, 0) is 49.1 Å². The number of thioether (sulfide) groups is 1. The first-order valence-electron chi connectivity index (χ1n) is 8.23. The molecule has 130 valence electrons. The van der Waals surface area contributed by atoms with Crippen LogP contribution in [0.15, 0.2) is 41.5 Å². The zero-order valence-corrected chi connectivity index (χ0v) is 15.1. The molecule has 0 amide bonds. The molecule has 0 bridgehead atoms. The zero-order chi connectivity index (χ0) is 17.4. The molecule has 1 aromatic heterocycles. The van der Waals surface area contributed by atoms with E-state index in [9.17, 15) is 4.39 Å². The van der Waals surface area contributed by atoms with Gasteiger partial charge in [0.2, 0.25) is 0 Å². The van der Waals surface area contributed by atoms with Crippen LogP contribution in [0, 0.1) is 11.7 Å². The van der Waals surface area contributed by atoms with Gasteiger partial charge in [0.1, 0.15) is 11.6 Å². The second kappa shape index (κ2) is 6.50. The van der Waals surface area contributed by atoms with E-state index in [1.807, 2.05) is 6.07 Å². The molecule has 0 saturated heterocycles. The molecule has 7 heteroatoms. The highest BCUT2D eigenvalue weighted by atomic mass is 35.5. The van der Waals surface area contributed by atoms with Gasteiger partial charge in [0.25, 0.3) is 0 Å². The van der Waals surface area contributed by atoms with Crippen molar-refractivity contribution in [1.82, 2.24) is 4.98 Å². The van der Waals surface area contributed by atoms with Crippen LogP contribution in [-0.4, -0.2) is 15.9 Å². The second-order valence-electron chi connectivity index (χ2n) is 6.46. The first kappa shape index (κ1) is 16.7. The van der Waals surface area contributed by atoms with Crippen LogP contribution in [0.5, 0.6) is 0 Å². The van der Waals surface area contributed by atoms with Crippen molar-refractivity contribution in [2.45, 2.75) is 24.8 Å². The normalized spacial score (nSPS) is 25.4. The quantitative estimate of drug-likeness (QED) is 0.816. The van der Waals surface area contributed by atoms with Crippen molar-refractivity contribution in [1.29, 1.82) is 0 Å². The molecule has 0 radical (unpaired) electrons. The van der Waals surface area contributed by atoms with Crippen LogP contribution in [0.2, 0.25) is 5.02 Å². The molecule has 1 aromatic carbocycles. The summed E-state index contributed by atoms with van der Waals surface area (Å²) < 4.78 is 14.7. The molecular formula is C18H18ClFN4S. The molecule has 1 saturated carbocycles. The minimum absolute atomic E-state index is 0.232. The summed E-state index contributed by atoms with van der Waals surface area (Å²) in [5, 5.41) is 4.33. The number of aromatic nitrogens is 1. The summed E-state index contributed by atoms with van der Waals surface area (Å²) >= 11 is 7.44. The zero-order valence-electron chi connectivity index (χ0n) is 13.5. The number of fused-ring (bicyclic) bond motifs is 1. The molecule has 1 aliphatic heterocycles. The number of rotatable bonds is 3. The van der Waals surface area contributed by atoms with Crippen LogP contribution in [0.3, 0.4) is 0 Å². The Morgan fingerprint density at radius 3 is 3.00 bits per heavy atom. The highest BCUT2D eigenvalue weighted by Crippen LogP contribution is 2.51. The van der Waals surface area contributed by atoms with Crippen molar-refractivity contribution in [3.63, 3.8) is 0 Å². The predicted octanol–water partition coefficient (Wildman–Crippen LogP) is 4.67. The Balaban J connectivity index is 1.72. The first-order valence-corrected chi connectivity index (χ1v) is 9.60. The van der Waals surface area contributed by atoms with Crippen LogP contribution in [0.25, 0.3) is 0 Å². The summed E-state index contributed by atoms with van der Waals surface area (Å²) in [6, 6.07) is 8.59. The molecule has 4 nitrogen and oxygen atoms in total.